The number of ether oxygens (including phenoxy) is 1. The molecule has 39 heavy (non-hydrogen) atoms. The fourth-order valence-electron chi connectivity index (χ4n) is 4.55. The fraction of sp³-hybridized carbons (Fsp3) is 0.286. The maximum Gasteiger partial charge on any atom is 0.335 e. The van der Waals surface area contributed by atoms with E-state index in [0.717, 1.165) is 10.3 Å². The van der Waals surface area contributed by atoms with Gasteiger partial charge in [-0.05, 0) is 55.2 Å². The van der Waals surface area contributed by atoms with Crippen LogP contribution in [0.25, 0.3) is 16.6 Å². The lowest BCUT2D eigenvalue weighted by molar-refractivity contribution is -0.143. The second-order valence-electron chi connectivity index (χ2n) is 9.44. The highest BCUT2D eigenvalue weighted by atomic mass is 35.5. The van der Waals surface area contributed by atoms with Gasteiger partial charge in [0, 0.05) is 32.5 Å². The van der Waals surface area contributed by atoms with Crippen LogP contribution in [0.3, 0.4) is 0 Å². The molecule has 0 spiro atoms. The molecule has 1 unspecified atom stereocenters. The molecule has 1 heterocycles. The van der Waals surface area contributed by atoms with Crippen molar-refractivity contribution in [1.82, 2.24) is 14.5 Å². The van der Waals surface area contributed by atoms with Gasteiger partial charge in [0.2, 0.25) is 0 Å². The van der Waals surface area contributed by atoms with Gasteiger partial charge in [-0.2, -0.15) is 0 Å². The SMILES string of the molecule is COC(=O)[C@H](CC1C=CC(n2c(=O)c3cc(N(C)C)ccc3n(C)c2=O)=CC1)NC(=O)c1c(Cl)cccc1Cl. The van der Waals surface area contributed by atoms with Crippen molar-refractivity contribution < 1.29 is 14.3 Å². The summed E-state index contributed by atoms with van der Waals surface area (Å²) in [7, 11) is 6.62. The van der Waals surface area contributed by atoms with Crippen molar-refractivity contribution in [1.29, 1.82) is 0 Å². The summed E-state index contributed by atoms with van der Waals surface area (Å²) in [5.41, 5.74) is 1.02. The van der Waals surface area contributed by atoms with Gasteiger partial charge in [0.15, 0.2) is 0 Å². The Morgan fingerprint density at radius 3 is 2.44 bits per heavy atom. The number of nitrogens with one attached hydrogen (secondary N) is 1. The van der Waals surface area contributed by atoms with E-state index < -0.39 is 29.2 Å². The third kappa shape index (κ3) is 5.65. The number of carbonyl (C=O) groups is 2. The minimum atomic E-state index is -0.972. The number of aryl methyl sites for hydroxylation is 1. The van der Waals surface area contributed by atoms with E-state index in [4.69, 9.17) is 27.9 Å². The van der Waals surface area contributed by atoms with E-state index in [-0.39, 0.29) is 27.9 Å². The monoisotopic (exact) mass is 570 g/mol. The molecule has 2 aromatic carbocycles. The number of halogens is 2. The van der Waals surface area contributed by atoms with Gasteiger partial charge < -0.3 is 15.0 Å². The Bertz CT molecular complexity index is 1620. The second-order valence-corrected chi connectivity index (χ2v) is 10.3. The lowest BCUT2D eigenvalue weighted by Crippen LogP contribution is -2.43. The Hall–Kier alpha value is -3.82. The summed E-state index contributed by atoms with van der Waals surface area (Å²) in [4.78, 5) is 53.8. The zero-order chi connectivity index (χ0) is 28.4. The van der Waals surface area contributed by atoms with Crippen LogP contribution < -0.4 is 21.5 Å². The van der Waals surface area contributed by atoms with Crippen LogP contribution in [0.4, 0.5) is 5.69 Å². The quantitative estimate of drug-likeness (QED) is 0.433. The fourth-order valence-corrected chi connectivity index (χ4v) is 5.12. The number of methoxy groups -OCH3 is 1. The zero-order valence-electron chi connectivity index (χ0n) is 21.9. The molecular weight excluding hydrogens is 543 g/mol. The lowest BCUT2D eigenvalue weighted by atomic mass is 9.92. The molecule has 0 saturated heterocycles. The van der Waals surface area contributed by atoms with Crippen molar-refractivity contribution in [2.24, 2.45) is 13.0 Å². The molecule has 0 fully saturated rings. The first kappa shape index (κ1) is 28.2. The van der Waals surface area contributed by atoms with Gasteiger partial charge >= 0.3 is 11.7 Å². The van der Waals surface area contributed by atoms with Crippen LogP contribution in [0.5, 0.6) is 0 Å². The van der Waals surface area contributed by atoms with E-state index in [1.807, 2.05) is 31.1 Å². The summed E-state index contributed by atoms with van der Waals surface area (Å²) in [6.07, 6.45) is 5.91. The largest absolute Gasteiger partial charge is 0.467 e. The van der Waals surface area contributed by atoms with E-state index in [1.54, 1.807) is 37.4 Å². The second kappa shape index (κ2) is 11.5. The number of benzene rings is 2. The molecule has 0 bridgehead atoms. The number of nitrogens with zero attached hydrogens (tertiary/aromatic N) is 3. The van der Waals surface area contributed by atoms with Crippen molar-refractivity contribution in [3.63, 3.8) is 0 Å². The standard InChI is InChI=1S/C28H28Cl2N4O5/c1-32(2)18-12-13-23-19(15-18)26(36)34(28(38)33(23)3)17-10-8-16(9-11-17)14-22(27(37)39-4)31-25(35)24-20(29)6-5-7-21(24)30/h5-8,10-13,15-16,22H,9,14H2,1-4H3,(H,31,35)/t16?,22-/m0/s1. The lowest BCUT2D eigenvalue weighted by Gasteiger charge is -2.23. The number of hydrogen-bond acceptors (Lipinski definition) is 6. The minimum Gasteiger partial charge on any atom is -0.467 e. The Morgan fingerprint density at radius 2 is 1.85 bits per heavy atom. The third-order valence-corrected chi connectivity index (χ3v) is 7.35. The van der Waals surface area contributed by atoms with Crippen LogP contribution >= 0.6 is 23.2 Å². The van der Waals surface area contributed by atoms with Crippen LogP contribution in [-0.4, -0.2) is 48.3 Å². The Balaban J connectivity index is 1.58. The molecule has 9 nitrogen and oxygen atoms in total. The van der Waals surface area contributed by atoms with Gasteiger partial charge in [-0.1, -0.05) is 41.4 Å². The maximum atomic E-state index is 13.4. The predicted octanol–water partition coefficient (Wildman–Crippen LogP) is 3.85. The molecule has 1 aromatic heterocycles. The van der Waals surface area contributed by atoms with Crippen LogP contribution in [0.1, 0.15) is 23.2 Å². The first-order chi connectivity index (χ1) is 18.5. The van der Waals surface area contributed by atoms with Crippen LogP contribution in [-0.2, 0) is 16.6 Å². The number of rotatable bonds is 7. The van der Waals surface area contributed by atoms with Gasteiger partial charge in [-0.25, -0.2) is 14.2 Å². The maximum absolute atomic E-state index is 13.4. The molecule has 204 valence electrons. The number of anilines is 1. The van der Waals surface area contributed by atoms with E-state index in [1.165, 1.54) is 23.8 Å². The molecule has 0 radical (unpaired) electrons. The van der Waals surface area contributed by atoms with E-state index in [2.05, 4.69) is 5.32 Å². The number of esters is 1. The highest BCUT2D eigenvalue weighted by Gasteiger charge is 2.27. The molecule has 11 heteroatoms. The average molecular weight is 571 g/mol. The van der Waals surface area contributed by atoms with E-state index in [9.17, 15) is 19.2 Å². The van der Waals surface area contributed by atoms with Crippen LogP contribution in [0.15, 0.2) is 64.2 Å². The molecule has 1 amide bonds. The molecule has 4 rings (SSSR count). The molecule has 1 aliphatic carbocycles. The molecule has 1 aliphatic rings. The molecule has 0 aliphatic heterocycles. The number of amides is 1. The third-order valence-electron chi connectivity index (χ3n) is 6.72. The van der Waals surface area contributed by atoms with Gasteiger partial charge in [0.05, 0.1) is 33.6 Å². The number of carbonyl (C=O) groups excluding carboxylic acids is 2. The Morgan fingerprint density at radius 1 is 1.15 bits per heavy atom. The summed E-state index contributed by atoms with van der Waals surface area (Å²) in [6.45, 7) is 0. The summed E-state index contributed by atoms with van der Waals surface area (Å²) in [5.74, 6) is -1.40. The van der Waals surface area contributed by atoms with Gasteiger partial charge in [-0.3, -0.25) is 14.2 Å². The van der Waals surface area contributed by atoms with Crippen LogP contribution in [0, 0.1) is 5.92 Å². The van der Waals surface area contributed by atoms with Crippen molar-refractivity contribution >= 4 is 57.4 Å². The Labute approximate surface area is 234 Å². The van der Waals surface area contributed by atoms with Gasteiger partial charge in [0.25, 0.3) is 11.5 Å². The molecule has 0 saturated carbocycles. The summed E-state index contributed by atoms with van der Waals surface area (Å²) < 4.78 is 7.49. The Kier molecular flexibility index (Phi) is 8.32. The number of hydrogen-bond donors (Lipinski definition) is 1. The van der Waals surface area contributed by atoms with E-state index in [0.29, 0.717) is 23.0 Å². The summed E-state index contributed by atoms with van der Waals surface area (Å²) in [6, 6.07) is 9.09. The van der Waals surface area contributed by atoms with Crippen molar-refractivity contribution in [2.45, 2.75) is 18.9 Å². The first-order valence-corrected chi connectivity index (χ1v) is 12.9. The molecule has 3 aromatic rings. The zero-order valence-corrected chi connectivity index (χ0v) is 23.4. The van der Waals surface area contributed by atoms with Crippen molar-refractivity contribution in [2.75, 3.05) is 26.1 Å². The highest BCUT2D eigenvalue weighted by molar-refractivity contribution is 6.39. The van der Waals surface area contributed by atoms with Gasteiger partial charge in [0.1, 0.15) is 6.04 Å². The first-order valence-electron chi connectivity index (χ1n) is 12.2. The summed E-state index contributed by atoms with van der Waals surface area (Å²) in [5, 5.41) is 3.41. The molecule has 1 N–H and O–H groups in total. The number of fused-ring (bicyclic) bond motifs is 1. The molecular formula is C28H28Cl2N4O5. The summed E-state index contributed by atoms with van der Waals surface area (Å²) >= 11 is 12.3. The average Bonchev–Trinajstić information content (AvgIpc) is 2.91. The molecule has 2 atom stereocenters. The van der Waals surface area contributed by atoms with Crippen molar-refractivity contribution in [3.05, 3.63) is 91.1 Å². The smallest absolute Gasteiger partial charge is 0.335 e. The predicted molar refractivity (Wildman–Crippen MR) is 154 cm³/mol. The van der Waals surface area contributed by atoms with Gasteiger partial charge in [-0.15, -0.1) is 0 Å². The minimum absolute atomic E-state index is 0.0695. The van der Waals surface area contributed by atoms with E-state index >= 15 is 0 Å². The topological polar surface area (TPSA) is 103 Å². The highest BCUT2D eigenvalue weighted by Crippen LogP contribution is 2.26. The number of aromatic nitrogens is 2. The van der Waals surface area contributed by atoms with Crippen molar-refractivity contribution in [3.8, 4) is 0 Å². The van der Waals surface area contributed by atoms with Crippen LogP contribution in [0.2, 0.25) is 10.0 Å². The number of allylic oxidation sites excluding steroid dienone is 4. The normalized spacial score (nSPS) is 15.5.